The zero-order valence-corrected chi connectivity index (χ0v) is 8.56. The Labute approximate surface area is 76.2 Å². The summed E-state index contributed by atoms with van der Waals surface area (Å²) in [5, 5.41) is 3.51. The van der Waals surface area contributed by atoms with Gasteiger partial charge in [-0.05, 0) is 52.5 Å². The van der Waals surface area contributed by atoms with Crippen LogP contribution in [0.1, 0.15) is 40.0 Å². The van der Waals surface area contributed by atoms with E-state index in [-0.39, 0.29) is 5.54 Å². The van der Waals surface area contributed by atoms with Gasteiger partial charge in [-0.25, -0.2) is 0 Å². The predicted molar refractivity (Wildman–Crippen MR) is 54.2 cm³/mol. The lowest BCUT2D eigenvalue weighted by Gasteiger charge is -2.21. The average molecular weight is 167 g/mol. The second kappa shape index (κ2) is 4.08. The minimum atomic E-state index is 0.280. The SMILES string of the molecule is CC(C)(C)NCCC1C=CCC1. The maximum Gasteiger partial charge on any atom is 0.00965 e. The van der Waals surface area contributed by atoms with Crippen molar-refractivity contribution in [3.05, 3.63) is 12.2 Å². The van der Waals surface area contributed by atoms with E-state index in [2.05, 4.69) is 38.2 Å². The Hall–Kier alpha value is -0.300. The number of hydrogen-bond donors (Lipinski definition) is 1. The van der Waals surface area contributed by atoms with Crippen molar-refractivity contribution in [2.24, 2.45) is 5.92 Å². The monoisotopic (exact) mass is 167 g/mol. The fraction of sp³-hybridized carbons (Fsp3) is 0.818. The molecule has 0 fully saturated rings. The summed E-state index contributed by atoms with van der Waals surface area (Å²) < 4.78 is 0. The third kappa shape index (κ3) is 3.91. The van der Waals surface area contributed by atoms with E-state index in [1.165, 1.54) is 19.3 Å². The van der Waals surface area contributed by atoms with Gasteiger partial charge in [-0.2, -0.15) is 0 Å². The third-order valence-corrected chi connectivity index (χ3v) is 2.28. The topological polar surface area (TPSA) is 12.0 Å². The molecule has 1 rings (SSSR count). The van der Waals surface area contributed by atoms with E-state index in [9.17, 15) is 0 Å². The Morgan fingerprint density at radius 2 is 2.17 bits per heavy atom. The lowest BCUT2D eigenvalue weighted by molar-refractivity contribution is 0.403. The molecule has 1 nitrogen and oxygen atoms in total. The standard InChI is InChI=1S/C11H21N/c1-11(2,3)12-9-8-10-6-4-5-7-10/h4,6,10,12H,5,7-9H2,1-3H3. The van der Waals surface area contributed by atoms with E-state index in [0.29, 0.717) is 0 Å². The van der Waals surface area contributed by atoms with Gasteiger partial charge >= 0.3 is 0 Å². The van der Waals surface area contributed by atoms with Gasteiger partial charge in [0, 0.05) is 5.54 Å². The summed E-state index contributed by atoms with van der Waals surface area (Å²) >= 11 is 0. The lowest BCUT2D eigenvalue weighted by Crippen LogP contribution is -2.36. The zero-order valence-electron chi connectivity index (χ0n) is 8.56. The van der Waals surface area contributed by atoms with E-state index < -0.39 is 0 Å². The summed E-state index contributed by atoms with van der Waals surface area (Å²) in [7, 11) is 0. The Kier molecular flexibility index (Phi) is 3.33. The van der Waals surface area contributed by atoms with Crippen molar-refractivity contribution in [2.75, 3.05) is 6.54 Å². The molecule has 1 aliphatic rings. The number of rotatable bonds is 3. The molecule has 0 saturated carbocycles. The summed E-state index contributed by atoms with van der Waals surface area (Å²) in [6.45, 7) is 7.81. The van der Waals surface area contributed by atoms with Crippen molar-refractivity contribution in [3.63, 3.8) is 0 Å². The molecular formula is C11H21N. The quantitative estimate of drug-likeness (QED) is 0.637. The summed E-state index contributed by atoms with van der Waals surface area (Å²) in [6.07, 6.45) is 8.63. The number of nitrogens with one attached hydrogen (secondary N) is 1. The van der Waals surface area contributed by atoms with Gasteiger partial charge < -0.3 is 5.32 Å². The first-order chi connectivity index (χ1) is 5.58. The molecule has 0 aromatic heterocycles. The van der Waals surface area contributed by atoms with Gasteiger partial charge in [-0.3, -0.25) is 0 Å². The van der Waals surface area contributed by atoms with Crippen LogP contribution < -0.4 is 5.32 Å². The molecule has 0 radical (unpaired) electrons. The molecule has 0 bridgehead atoms. The fourth-order valence-electron chi connectivity index (χ4n) is 1.57. The Balaban J connectivity index is 2.06. The fourth-order valence-corrected chi connectivity index (χ4v) is 1.57. The normalized spacial score (nSPS) is 23.4. The maximum absolute atomic E-state index is 3.51. The highest BCUT2D eigenvalue weighted by atomic mass is 14.9. The minimum absolute atomic E-state index is 0.280. The molecule has 0 aliphatic heterocycles. The molecule has 1 aliphatic carbocycles. The molecule has 0 amide bonds. The van der Waals surface area contributed by atoms with Crippen molar-refractivity contribution in [1.29, 1.82) is 0 Å². The van der Waals surface area contributed by atoms with E-state index >= 15 is 0 Å². The van der Waals surface area contributed by atoms with Crippen molar-refractivity contribution in [1.82, 2.24) is 5.32 Å². The van der Waals surface area contributed by atoms with Gasteiger partial charge in [0.15, 0.2) is 0 Å². The van der Waals surface area contributed by atoms with Crippen molar-refractivity contribution >= 4 is 0 Å². The molecular weight excluding hydrogens is 146 g/mol. The minimum Gasteiger partial charge on any atom is -0.312 e. The molecule has 0 heterocycles. The van der Waals surface area contributed by atoms with E-state index in [4.69, 9.17) is 0 Å². The van der Waals surface area contributed by atoms with Crippen LogP contribution >= 0.6 is 0 Å². The average Bonchev–Trinajstić information content (AvgIpc) is 2.36. The van der Waals surface area contributed by atoms with Crippen LogP contribution in [0.5, 0.6) is 0 Å². The molecule has 1 atom stereocenters. The van der Waals surface area contributed by atoms with Crippen molar-refractivity contribution < 1.29 is 0 Å². The van der Waals surface area contributed by atoms with E-state index in [1.807, 2.05) is 0 Å². The summed E-state index contributed by atoms with van der Waals surface area (Å²) in [5.41, 5.74) is 0.280. The Bertz CT molecular complexity index is 153. The van der Waals surface area contributed by atoms with Crippen LogP contribution in [0.3, 0.4) is 0 Å². The Morgan fingerprint density at radius 1 is 1.42 bits per heavy atom. The maximum atomic E-state index is 3.51. The van der Waals surface area contributed by atoms with Gasteiger partial charge in [0.25, 0.3) is 0 Å². The van der Waals surface area contributed by atoms with Crippen LogP contribution in [0.2, 0.25) is 0 Å². The second-order valence-corrected chi connectivity index (χ2v) is 4.73. The van der Waals surface area contributed by atoms with Crippen molar-refractivity contribution in [3.8, 4) is 0 Å². The highest BCUT2D eigenvalue weighted by Crippen LogP contribution is 2.19. The van der Waals surface area contributed by atoms with E-state index in [1.54, 1.807) is 0 Å². The van der Waals surface area contributed by atoms with Crippen LogP contribution in [-0.2, 0) is 0 Å². The molecule has 0 saturated heterocycles. The van der Waals surface area contributed by atoms with Gasteiger partial charge in [-0.15, -0.1) is 0 Å². The smallest absolute Gasteiger partial charge is 0.00965 e. The van der Waals surface area contributed by atoms with E-state index in [0.717, 1.165) is 12.5 Å². The van der Waals surface area contributed by atoms with Gasteiger partial charge in [-0.1, -0.05) is 12.2 Å². The molecule has 0 aromatic carbocycles. The van der Waals surface area contributed by atoms with Crippen LogP contribution in [0, 0.1) is 5.92 Å². The van der Waals surface area contributed by atoms with Gasteiger partial charge in [0.05, 0.1) is 0 Å². The number of hydrogen-bond acceptors (Lipinski definition) is 1. The molecule has 1 heteroatoms. The second-order valence-electron chi connectivity index (χ2n) is 4.73. The number of allylic oxidation sites excluding steroid dienone is 2. The molecule has 0 spiro atoms. The molecule has 70 valence electrons. The molecule has 12 heavy (non-hydrogen) atoms. The molecule has 1 unspecified atom stereocenters. The van der Waals surface area contributed by atoms with Gasteiger partial charge in [0.1, 0.15) is 0 Å². The van der Waals surface area contributed by atoms with Crippen LogP contribution in [-0.4, -0.2) is 12.1 Å². The van der Waals surface area contributed by atoms with Crippen LogP contribution in [0.25, 0.3) is 0 Å². The summed E-state index contributed by atoms with van der Waals surface area (Å²) in [5.74, 6) is 0.847. The first-order valence-electron chi connectivity index (χ1n) is 4.99. The highest BCUT2D eigenvalue weighted by molar-refractivity contribution is 4.96. The molecule has 1 N–H and O–H groups in total. The van der Waals surface area contributed by atoms with Gasteiger partial charge in [0.2, 0.25) is 0 Å². The van der Waals surface area contributed by atoms with Crippen LogP contribution in [0.15, 0.2) is 12.2 Å². The highest BCUT2D eigenvalue weighted by Gasteiger charge is 2.11. The van der Waals surface area contributed by atoms with Crippen molar-refractivity contribution in [2.45, 2.75) is 45.6 Å². The summed E-state index contributed by atoms with van der Waals surface area (Å²) in [6, 6.07) is 0. The largest absolute Gasteiger partial charge is 0.312 e. The third-order valence-electron chi connectivity index (χ3n) is 2.28. The molecule has 0 aromatic rings. The first-order valence-corrected chi connectivity index (χ1v) is 4.99. The first kappa shape index (κ1) is 9.79. The zero-order chi connectivity index (χ0) is 9.03. The lowest BCUT2D eigenvalue weighted by atomic mass is 10.0. The predicted octanol–water partition coefficient (Wildman–Crippen LogP) is 2.73. The Morgan fingerprint density at radius 3 is 2.67 bits per heavy atom. The summed E-state index contributed by atoms with van der Waals surface area (Å²) in [4.78, 5) is 0. The van der Waals surface area contributed by atoms with Crippen LogP contribution in [0.4, 0.5) is 0 Å².